The topological polar surface area (TPSA) is 178 Å². The van der Waals surface area contributed by atoms with E-state index < -0.39 is 72.2 Å². The first-order valence-corrected chi connectivity index (χ1v) is 11.6. The summed E-state index contributed by atoms with van der Waals surface area (Å²) in [7, 11) is -7.34. The number of carbonyl (C=O) groups is 3. The van der Waals surface area contributed by atoms with E-state index in [0.29, 0.717) is 0 Å². The van der Waals surface area contributed by atoms with Gasteiger partial charge in [0.05, 0.1) is 10.5 Å². The van der Waals surface area contributed by atoms with Crippen LogP contribution < -0.4 is 5.73 Å². The minimum absolute atomic E-state index is 0.182. The zero-order valence-corrected chi connectivity index (χ0v) is 16.6. The van der Waals surface area contributed by atoms with Crippen LogP contribution in [0, 0.1) is 5.92 Å². The van der Waals surface area contributed by atoms with E-state index in [4.69, 9.17) is 10.5 Å². The average Bonchev–Trinajstić information content (AvgIpc) is 2.65. The largest absolute Gasteiger partial charge is 0.480 e. The number of nitrogens with zero attached hydrogens (tertiary/aromatic N) is 1. The molecule has 0 saturated carbocycles. The Hall–Kier alpha value is -1.73. The number of carboxylic acid groups (broad SMARTS) is 1. The second-order valence-corrected chi connectivity index (χ2v) is 12.2. The molecular formula is C14H22N2O9S2. The Morgan fingerprint density at radius 1 is 1.37 bits per heavy atom. The monoisotopic (exact) mass is 426 g/mol. The molecule has 2 aliphatic heterocycles. The van der Waals surface area contributed by atoms with Crippen molar-refractivity contribution < 1.29 is 41.1 Å². The molecule has 0 aromatic rings. The van der Waals surface area contributed by atoms with Crippen molar-refractivity contribution in [1.82, 2.24) is 4.90 Å². The highest BCUT2D eigenvalue weighted by Crippen LogP contribution is 2.48. The van der Waals surface area contributed by atoms with Gasteiger partial charge in [-0.15, -0.1) is 0 Å². The standard InChI is InChI=1S/C14H22N2O9S2/c1-14(2)9(12(18)19)16-10(17)7(11(16)27(14,23)24)6-25-13(20)8(15)4-5-26(3,21)22/h7-9,11H,4-6,15H2,1-3H3,(H,18,19)/t7-,8?,9+,11-/m1/s1. The Kier molecular flexibility index (Phi) is 5.36. The Morgan fingerprint density at radius 3 is 2.41 bits per heavy atom. The van der Waals surface area contributed by atoms with Gasteiger partial charge in [-0.25, -0.2) is 21.6 Å². The maximum Gasteiger partial charge on any atom is 0.328 e. The van der Waals surface area contributed by atoms with Crippen molar-refractivity contribution in [2.75, 3.05) is 18.6 Å². The third kappa shape index (κ3) is 3.55. The summed E-state index contributed by atoms with van der Waals surface area (Å²) in [6.45, 7) is 1.89. The third-order valence-corrected chi connectivity index (χ3v) is 8.78. The van der Waals surface area contributed by atoms with Crippen molar-refractivity contribution >= 4 is 37.5 Å². The molecule has 2 heterocycles. The fraction of sp³-hybridized carbons (Fsp3) is 0.786. The fourth-order valence-corrected chi connectivity index (χ4v) is 6.28. The van der Waals surface area contributed by atoms with Crippen LogP contribution in [0.5, 0.6) is 0 Å². The predicted molar refractivity (Wildman–Crippen MR) is 91.8 cm³/mol. The van der Waals surface area contributed by atoms with Gasteiger partial charge in [-0.3, -0.25) is 9.59 Å². The average molecular weight is 426 g/mol. The molecule has 1 unspecified atom stereocenters. The number of ether oxygens (including phenoxy) is 1. The number of amides is 1. The summed E-state index contributed by atoms with van der Waals surface area (Å²) in [4.78, 5) is 36.4. The smallest absolute Gasteiger partial charge is 0.328 e. The zero-order chi connectivity index (χ0) is 20.9. The number of esters is 1. The quantitative estimate of drug-likeness (QED) is 0.333. The number of hydrogen-bond donors (Lipinski definition) is 2. The van der Waals surface area contributed by atoms with Crippen LogP contribution in [0.25, 0.3) is 0 Å². The first-order valence-electron chi connectivity index (χ1n) is 8.01. The normalized spacial score (nSPS) is 29.6. The highest BCUT2D eigenvalue weighted by molar-refractivity contribution is 7.93. The van der Waals surface area contributed by atoms with Crippen LogP contribution in [0.1, 0.15) is 20.3 Å². The van der Waals surface area contributed by atoms with E-state index in [9.17, 15) is 36.3 Å². The maximum atomic E-state index is 12.6. The summed E-state index contributed by atoms with van der Waals surface area (Å²) in [5, 5.41) is 7.93. The molecule has 11 nitrogen and oxygen atoms in total. The van der Waals surface area contributed by atoms with Crippen LogP contribution in [0.4, 0.5) is 0 Å². The molecule has 0 bridgehead atoms. The van der Waals surface area contributed by atoms with E-state index in [1.807, 2.05) is 0 Å². The first kappa shape index (κ1) is 21.6. The highest BCUT2D eigenvalue weighted by Gasteiger charge is 2.72. The van der Waals surface area contributed by atoms with E-state index in [0.717, 1.165) is 11.2 Å². The number of hydrogen-bond acceptors (Lipinski definition) is 9. The van der Waals surface area contributed by atoms with Crippen molar-refractivity contribution in [2.45, 2.75) is 42.5 Å². The Balaban J connectivity index is 2.07. The molecule has 3 N–H and O–H groups in total. The molecule has 0 radical (unpaired) electrons. The van der Waals surface area contributed by atoms with Crippen molar-refractivity contribution in [1.29, 1.82) is 0 Å². The van der Waals surface area contributed by atoms with Crippen LogP contribution >= 0.6 is 0 Å². The van der Waals surface area contributed by atoms with Crippen molar-refractivity contribution in [3.63, 3.8) is 0 Å². The van der Waals surface area contributed by atoms with Crippen LogP contribution in [-0.2, 0) is 38.8 Å². The Bertz CT molecular complexity index is 878. The summed E-state index contributed by atoms with van der Waals surface area (Å²) in [6, 6.07) is -2.77. The van der Waals surface area contributed by atoms with Crippen molar-refractivity contribution in [3.05, 3.63) is 0 Å². The first-order chi connectivity index (χ1) is 12.1. The minimum atomic E-state index is -4.02. The van der Waals surface area contributed by atoms with Gasteiger partial charge in [-0.1, -0.05) is 0 Å². The van der Waals surface area contributed by atoms with Gasteiger partial charge in [0.15, 0.2) is 15.2 Å². The lowest BCUT2D eigenvalue weighted by atomic mass is 9.92. The molecular weight excluding hydrogens is 404 g/mol. The summed E-state index contributed by atoms with van der Waals surface area (Å²) in [5.41, 5.74) is 5.54. The number of carboxylic acids is 1. The molecule has 27 heavy (non-hydrogen) atoms. The van der Waals surface area contributed by atoms with Gasteiger partial charge in [0.25, 0.3) is 0 Å². The zero-order valence-electron chi connectivity index (χ0n) is 15.0. The van der Waals surface area contributed by atoms with Crippen molar-refractivity contribution in [2.24, 2.45) is 11.7 Å². The summed E-state index contributed by atoms with van der Waals surface area (Å²) >= 11 is 0. The Morgan fingerprint density at radius 2 is 1.93 bits per heavy atom. The molecule has 13 heteroatoms. The molecule has 0 aliphatic carbocycles. The second-order valence-electron chi connectivity index (χ2n) is 7.29. The lowest BCUT2D eigenvalue weighted by Crippen LogP contribution is -2.64. The predicted octanol–water partition coefficient (Wildman–Crippen LogP) is -2.26. The van der Waals surface area contributed by atoms with Crippen LogP contribution in [0.2, 0.25) is 0 Å². The maximum absolute atomic E-state index is 12.6. The lowest BCUT2D eigenvalue weighted by Gasteiger charge is -2.42. The van der Waals surface area contributed by atoms with Gasteiger partial charge < -0.3 is 20.5 Å². The molecule has 4 atom stereocenters. The molecule has 154 valence electrons. The van der Waals surface area contributed by atoms with Gasteiger partial charge in [-0.05, 0) is 20.3 Å². The summed E-state index contributed by atoms with van der Waals surface area (Å²) in [5.74, 6) is -4.68. The minimum Gasteiger partial charge on any atom is -0.480 e. The number of carbonyl (C=O) groups excluding carboxylic acids is 2. The molecule has 1 amide bonds. The second kappa shape index (κ2) is 6.71. The van der Waals surface area contributed by atoms with Crippen LogP contribution in [0.3, 0.4) is 0 Å². The van der Waals surface area contributed by atoms with Crippen LogP contribution in [-0.4, -0.2) is 85.5 Å². The van der Waals surface area contributed by atoms with Gasteiger partial charge >= 0.3 is 11.9 Å². The number of nitrogens with two attached hydrogens (primary N) is 1. The molecule has 0 aromatic heterocycles. The SMILES string of the molecule is CC1(C)[C@H](C(=O)O)N2C(=O)[C@@H](COC(=O)C(N)CCS(C)(=O)=O)[C@H]2S1(=O)=O. The van der Waals surface area contributed by atoms with Gasteiger partial charge in [0.1, 0.15) is 34.4 Å². The van der Waals surface area contributed by atoms with E-state index in [1.165, 1.54) is 13.8 Å². The number of sulfone groups is 2. The highest BCUT2D eigenvalue weighted by atomic mass is 32.2. The van der Waals surface area contributed by atoms with E-state index >= 15 is 0 Å². The van der Waals surface area contributed by atoms with E-state index in [-0.39, 0.29) is 12.2 Å². The lowest BCUT2D eigenvalue weighted by molar-refractivity contribution is -0.169. The fourth-order valence-electron chi connectivity index (χ4n) is 3.30. The number of fused-ring (bicyclic) bond motifs is 1. The van der Waals surface area contributed by atoms with Crippen molar-refractivity contribution in [3.8, 4) is 0 Å². The van der Waals surface area contributed by atoms with Gasteiger partial charge in [0.2, 0.25) is 5.91 Å². The molecule has 2 rings (SSSR count). The molecule has 0 spiro atoms. The van der Waals surface area contributed by atoms with Gasteiger partial charge in [-0.2, -0.15) is 0 Å². The van der Waals surface area contributed by atoms with Gasteiger partial charge in [0, 0.05) is 6.26 Å². The van der Waals surface area contributed by atoms with E-state index in [2.05, 4.69) is 0 Å². The molecule has 0 aromatic carbocycles. The number of aliphatic carboxylic acids is 1. The van der Waals surface area contributed by atoms with Crippen LogP contribution in [0.15, 0.2) is 0 Å². The van der Waals surface area contributed by atoms with E-state index in [1.54, 1.807) is 0 Å². The summed E-state index contributed by atoms with van der Waals surface area (Å²) in [6.07, 6.45) is 0.802. The molecule has 2 fully saturated rings. The molecule has 2 saturated heterocycles. The molecule has 2 aliphatic rings. The number of rotatable bonds is 7. The summed E-state index contributed by atoms with van der Waals surface area (Å²) < 4.78 is 50.7. The number of β-lactam (4-membered cyclic amide) rings is 1. The Labute approximate surface area is 156 Å². The third-order valence-electron chi connectivity index (χ3n) is 4.92.